The van der Waals surface area contributed by atoms with E-state index in [0.717, 1.165) is 11.3 Å². The second kappa shape index (κ2) is 4.68. The molecule has 0 bridgehead atoms. The molecule has 0 amide bonds. The fraction of sp³-hybridized carbons (Fsp3) is 0.0769. The van der Waals surface area contributed by atoms with E-state index in [1.54, 1.807) is 17.1 Å². The number of rotatable bonds is 3. The summed E-state index contributed by atoms with van der Waals surface area (Å²) >= 11 is 0. The molecular formula is C13H14N2O. The Balaban J connectivity index is 2.08. The maximum Gasteiger partial charge on any atom is 0.115 e. The van der Waals surface area contributed by atoms with Gasteiger partial charge in [0.05, 0.1) is 12.2 Å². The zero-order valence-electron chi connectivity index (χ0n) is 8.88. The number of phenols is 1. The van der Waals surface area contributed by atoms with E-state index in [2.05, 4.69) is 0 Å². The number of para-hydroxylation sites is 1. The van der Waals surface area contributed by atoms with Gasteiger partial charge in [-0.3, -0.25) is 0 Å². The van der Waals surface area contributed by atoms with Crippen LogP contribution in [0.4, 0.5) is 5.69 Å². The molecule has 0 saturated heterocycles. The predicted molar refractivity (Wildman–Crippen MR) is 64.9 cm³/mol. The van der Waals surface area contributed by atoms with E-state index in [9.17, 15) is 0 Å². The first-order valence-corrected chi connectivity index (χ1v) is 5.11. The minimum atomic E-state index is 0.270. The van der Waals surface area contributed by atoms with Gasteiger partial charge >= 0.3 is 0 Å². The van der Waals surface area contributed by atoms with Gasteiger partial charge in [0.15, 0.2) is 0 Å². The number of nitrogens with zero attached hydrogens (tertiary/aromatic N) is 1. The Labute approximate surface area is 94.7 Å². The summed E-state index contributed by atoms with van der Waals surface area (Å²) in [5.41, 5.74) is 2.03. The summed E-state index contributed by atoms with van der Waals surface area (Å²) < 4.78 is 0. The second-order valence-electron chi connectivity index (χ2n) is 3.63. The van der Waals surface area contributed by atoms with E-state index in [1.165, 1.54) is 0 Å². The predicted octanol–water partition coefficient (Wildman–Crippen LogP) is 2.27. The van der Waals surface area contributed by atoms with Crippen molar-refractivity contribution in [3.8, 4) is 5.75 Å². The van der Waals surface area contributed by atoms with E-state index in [0.29, 0.717) is 6.54 Å². The van der Waals surface area contributed by atoms with E-state index >= 15 is 0 Å². The Hall–Kier alpha value is -2.00. The third kappa shape index (κ3) is 2.52. The first kappa shape index (κ1) is 10.5. The molecule has 82 valence electrons. The summed E-state index contributed by atoms with van der Waals surface area (Å²) in [6, 6.07) is 16.8. The van der Waals surface area contributed by atoms with Crippen LogP contribution < -0.4 is 10.9 Å². The highest BCUT2D eigenvalue weighted by Crippen LogP contribution is 2.15. The van der Waals surface area contributed by atoms with Gasteiger partial charge in [0.1, 0.15) is 5.75 Å². The van der Waals surface area contributed by atoms with Crippen molar-refractivity contribution in [1.82, 2.24) is 0 Å². The molecule has 2 aromatic carbocycles. The highest BCUT2D eigenvalue weighted by atomic mass is 16.3. The zero-order chi connectivity index (χ0) is 11.4. The standard InChI is InChI=1S/C13H14N2O/c14-15(12-4-2-1-3-5-12)10-11-6-8-13(16)9-7-11/h1-9,16H,10,14H2. The van der Waals surface area contributed by atoms with Crippen molar-refractivity contribution in [2.24, 2.45) is 5.84 Å². The largest absolute Gasteiger partial charge is 0.508 e. The van der Waals surface area contributed by atoms with Gasteiger partial charge in [-0.1, -0.05) is 30.3 Å². The third-order valence-electron chi connectivity index (χ3n) is 2.38. The number of hydrogen-bond acceptors (Lipinski definition) is 3. The lowest BCUT2D eigenvalue weighted by Gasteiger charge is -2.18. The van der Waals surface area contributed by atoms with Gasteiger partial charge in [0.2, 0.25) is 0 Å². The molecule has 0 aliphatic rings. The molecule has 0 heterocycles. The monoisotopic (exact) mass is 214 g/mol. The molecule has 3 nitrogen and oxygen atoms in total. The number of aromatic hydroxyl groups is 1. The van der Waals surface area contributed by atoms with E-state index < -0.39 is 0 Å². The number of benzene rings is 2. The molecule has 0 fully saturated rings. The zero-order valence-corrected chi connectivity index (χ0v) is 8.88. The van der Waals surface area contributed by atoms with Gasteiger partial charge in [0.25, 0.3) is 0 Å². The maximum absolute atomic E-state index is 9.16. The lowest BCUT2D eigenvalue weighted by molar-refractivity contribution is 0.475. The highest BCUT2D eigenvalue weighted by molar-refractivity contribution is 5.45. The SMILES string of the molecule is NN(Cc1ccc(O)cc1)c1ccccc1. The quantitative estimate of drug-likeness (QED) is 0.608. The summed E-state index contributed by atoms with van der Waals surface area (Å²) in [4.78, 5) is 0. The van der Waals surface area contributed by atoms with Crippen molar-refractivity contribution < 1.29 is 5.11 Å². The second-order valence-corrected chi connectivity index (χ2v) is 3.63. The molecule has 16 heavy (non-hydrogen) atoms. The molecule has 0 unspecified atom stereocenters. The highest BCUT2D eigenvalue weighted by Gasteiger charge is 2.01. The van der Waals surface area contributed by atoms with Crippen molar-refractivity contribution in [3.05, 3.63) is 60.2 Å². The molecule has 0 aliphatic carbocycles. The van der Waals surface area contributed by atoms with Crippen LogP contribution in [0, 0.1) is 0 Å². The third-order valence-corrected chi connectivity index (χ3v) is 2.38. The lowest BCUT2D eigenvalue weighted by atomic mass is 10.2. The van der Waals surface area contributed by atoms with Crippen molar-refractivity contribution in [2.45, 2.75) is 6.54 Å². The van der Waals surface area contributed by atoms with Gasteiger partial charge in [-0.2, -0.15) is 0 Å². The molecule has 0 saturated carbocycles. The van der Waals surface area contributed by atoms with Crippen LogP contribution in [-0.4, -0.2) is 5.11 Å². The van der Waals surface area contributed by atoms with Crippen molar-refractivity contribution in [2.75, 3.05) is 5.01 Å². The van der Waals surface area contributed by atoms with Crippen LogP contribution in [0.1, 0.15) is 5.56 Å². The van der Waals surface area contributed by atoms with Gasteiger partial charge in [-0.25, -0.2) is 5.84 Å². The molecular weight excluding hydrogens is 200 g/mol. The summed E-state index contributed by atoms with van der Waals surface area (Å²) in [5.74, 6) is 6.21. The average Bonchev–Trinajstić information content (AvgIpc) is 2.33. The molecule has 0 atom stereocenters. The molecule has 3 heteroatoms. The van der Waals surface area contributed by atoms with Crippen molar-refractivity contribution in [1.29, 1.82) is 0 Å². The number of nitrogens with two attached hydrogens (primary N) is 1. The van der Waals surface area contributed by atoms with Crippen LogP contribution in [0.25, 0.3) is 0 Å². The van der Waals surface area contributed by atoms with E-state index in [1.807, 2.05) is 42.5 Å². The smallest absolute Gasteiger partial charge is 0.115 e. The Morgan fingerprint density at radius 1 is 0.938 bits per heavy atom. The topological polar surface area (TPSA) is 49.5 Å². The van der Waals surface area contributed by atoms with Crippen LogP contribution in [0.5, 0.6) is 5.75 Å². The van der Waals surface area contributed by atoms with Gasteiger partial charge in [0, 0.05) is 0 Å². The fourth-order valence-electron chi connectivity index (χ4n) is 1.51. The molecule has 2 aromatic rings. The molecule has 2 rings (SSSR count). The average molecular weight is 214 g/mol. The lowest BCUT2D eigenvalue weighted by Crippen LogP contribution is -2.29. The molecule has 0 spiro atoms. The van der Waals surface area contributed by atoms with Crippen LogP contribution in [0.15, 0.2) is 54.6 Å². The maximum atomic E-state index is 9.16. The van der Waals surface area contributed by atoms with Crippen LogP contribution in [0.2, 0.25) is 0 Å². The molecule has 3 N–H and O–H groups in total. The van der Waals surface area contributed by atoms with E-state index in [4.69, 9.17) is 10.9 Å². The fourth-order valence-corrected chi connectivity index (χ4v) is 1.51. The molecule has 0 aromatic heterocycles. The Morgan fingerprint density at radius 3 is 2.19 bits per heavy atom. The Bertz CT molecular complexity index is 439. The minimum Gasteiger partial charge on any atom is -0.508 e. The first-order chi connectivity index (χ1) is 7.75. The summed E-state index contributed by atoms with van der Waals surface area (Å²) in [6.45, 7) is 0.615. The van der Waals surface area contributed by atoms with Crippen molar-refractivity contribution >= 4 is 5.69 Å². The summed E-state index contributed by atoms with van der Waals surface area (Å²) in [6.07, 6.45) is 0. The van der Waals surface area contributed by atoms with Crippen LogP contribution in [0.3, 0.4) is 0 Å². The minimum absolute atomic E-state index is 0.270. The number of phenolic OH excluding ortho intramolecular Hbond substituents is 1. The number of anilines is 1. The van der Waals surface area contributed by atoms with Gasteiger partial charge < -0.3 is 10.1 Å². The van der Waals surface area contributed by atoms with Crippen LogP contribution >= 0.6 is 0 Å². The Kier molecular flexibility index (Phi) is 3.08. The van der Waals surface area contributed by atoms with Gasteiger partial charge in [-0.15, -0.1) is 0 Å². The molecule has 0 aliphatic heterocycles. The Morgan fingerprint density at radius 2 is 1.56 bits per heavy atom. The first-order valence-electron chi connectivity index (χ1n) is 5.11. The normalized spacial score (nSPS) is 10.1. The molecule has 0 radical (unpaired) electrons. The van der Waals surface area contributed by atoms with E-state index in [-0.39, 0.29) is 5.75 Å². The number of hydrogen-bond donors (Lipinski definition) is 2. The number of hydrazine groups is 1. The summed E-state index contributed by atoms with van der Waals surface area (Å²) in [7, 11) is 0. The van der Waals surface area contributed by atoms with Crippen LogP contribution in [-0.2, 0) is 6.54 Å². The van der Waals surface area contributed by atoms with Crippen molar-refractivity contribution in [3.63, 3.8) is 0 Å². The summed E-state index contributed by atoms with van der Waals surface area (Å²) in [5, 5.41) is 10.8. The van der Waals surface area contributed by atoms with Gasteiger partial charge in [-0.05, 0) is 29.8 Å².